The highest BCUT2D eigenvalue weighted by Gasteiger charge is 2.48. The number of H-pyrrole nitrogens is 1. The second kappa shape index (κ2) is 13.8. The lowest BCUT2D eigenvalue weighted by atomic mass is 9.86. The number of para-hydroxylation sites is 1. The van der Waals surface area contributed by atoms with Gasteiger partial charge in [-0.15, -0.1) is 5.10 Å². The molecule has 6 aromatic rings. The van der Waals surface area contributed by atoms with Crippen LogP contribution in [0.2, 0.25) is 0 Å². The van der Waals surface area contributed by atoms with E-state index >= 15 is 0 Å². The van der Waals surface area contributed by atoms with E-state index in [9.17, 15) is 23.2 Å². The molecule has 1 N–H and O–H groups in total. The fraction of sp³-hybridized carbons (Fsp3) is 0.297. The number of piperazine rings is 1. The molecule has 282 valence electrons. The van der Waals surface area contributed by atoms with Crippen molar-refractivity contribution in [3.8, 4) is 17.4 Å². The lowest BCUT2D eigenvalue weighted by Crippen LogP contribution is -2.62. The summed E-state index contributed by atoms with van der Waals surface area (Å²) in [4.78, 5) is 34.8. The number of carbonyl (C=O) groups is 2. The van der Waals surface area contributed by atoms with Gasteiger partial charge < -0.3 is 34.2 Å². The Bertz CT molecular complexity index is 2530. The number of hydrogen-bond acceptors (Lipinski definition) is 12. The Morgan fingerprint density at radius 1 is 0.982 bits per heavy atom. The Labute approximate surface area is 313 Å². The first-order chi connectivity index (χ1) is 26.8. The molecule has 1 saturated heterocycles. The summed E-state index contributed by atoms with van der Waals surface area (Å²) in [5.74, 6) is 0.502. The normalized spacial score (nSPS) is 17.8. The molecule has 2 atom stereocenters. The minimum Gasteiger partial charge on any atom is -0.454 e. The quantitative estimate of drug-likeness (QED) is 0.141. The van der Waals surface area contributed by atoms with Crippen molar-refractivity contribution in [2.24, 2.45) is 0 Å². The van der Waals surface area contributed by atoms with E-state index in [2.05, 4.69) is 25.1 Å². The number of ether oxygens (including phenoxy) is 3. The van der Waals surface area contributed by atoms with Gasteiger partial charge in [-0.3, -0.25) is 18.9 Å². The number of aromatic amines is 1. The average Bonchev–Trinajstić information content (AvgIpc) is 4.01. The largest absolute Gasteiger partial charge is 0.454 e. The van der Waals surface area contributed by atoms with Crippen LogP contribution in [0.15, 0.2) is 93.5 Å². The summed E-state index contributed by atoms with van der Waals surface area (Å²) in [7, 11) is -4.20. The Balaban J connectivity index is 0.833. The molecule has 17 nitrogen and oxygen atoms in total. The molecule has 0 saturated carbocycles. The molecule has 0 aliphatic carbocycles. The maximum Gasteiger partial charge on any atom is 0.414 e. The van der Waals surface area contributed by atoms with Crippen LogP contribution >= 0.6 is 0 Å². The van der Waals surface area contributed by atoms with Crippen LogP contribution in [0.4, 0.5) is 0 Å². The monoisotopic (exact) mass is 766 g/mol. The summed E-state index contributed by atoms with van der Waals surface area (Å²) in [5, 5.41) is 24.4. The number of rotatable bonds is 12. The van der Waals surface area contributed by atoms with Crippen molar-refractivity contribution in [1.29, 1.82) is 0 Å². The molecule has 55 heavy (non-hydrogen) atoms. The molecule has 0 radical (unpaired) electrons. The fourth-order valence-corrected chi connectivity index (χ4v) is 8.86. The predicted octanol–water partition coefficient (Wildman–Crippen LogP) is 3.08. The Hall–Kier alpha value is -6.43. The van der Waals surface area contributed by atoms with E-state index in [0.717, 1.165) is 27.7 Å². The van der Waals surface area contributed by atoms with Crippen molar-refractivity contribution in [3.05, 3.63) is 107 Å². The third-order valence-electron chi connectivity index (χ3n) is 10.1. The number of benzene rings is 3. The number of unbranched alkanes of at least 4 members (excludes halogenated alkanes) is 2. The van der Waals surface area contributed by atoms with Gasteiger partial charge in [-0.25, -0.2) is 8.42 Å². The topological polar surface area (TPSA) is 202 Å². The highest BCUT2D eigenvalue weighted by Crippen LogP contribution is 2.45. The Kier molecular flexibility index (Phi) is 8.60. The van der Waals surface area contributed by atoms with Gasteiger partial charge in [0.25, 0.3) is 9.84 Å². The van der Waals surface area contributed by atoms with Gasteiger partial charge in [-0.1, -0.05) is 47.7 Å². The number of nitrogens with one attached hydrogen (secondary N) is 1. The van der Waals surface area contributed by atoms with Crippen molar-refractivity contribution >= 4 is 32.6 Å². The SMILES string of the molecule is O=C1[C@H]2Cc3c([nH]c4ccccc34)[C@@H](c3ccc4c(c3)OCO4)N2C(=O)CN1Cc1cn(CCCCCOc2no[n+]([O-])c2S(=O)(=O)c2ccccc2)nn1. The molecule has 9 rings (SSSR count). The summed E-state index contributed by atoms with van der Waals surface area (Å²) in [6.07, 6.45) is 4.04. The third-order valence-corrected chi connectivity index (χ3v) is 11.8. The second-order valence-electron chi connectivity index (χ2n) is 13.5. The number of sulfone groups is 1. The number of fused-ring (bicyclic) bond motifs is 5. The Morgan fingerprint density at radius 3 is 2.67 bits per heavy atom. The molecule has 18 heteroatoms. The zero-order valence-electron chi connectivity index (χ0n) is 29.2. The van der Waals surface area contributed by atoms with Gasteiger partial charge in [-0.05, 0) is 65.6 Å². The van der Waals surface area contributed by atoms with E-state index < -0.39 is 32.8 Å². The van der Waals surface area contributed by atoms with Gasteiger partial charge in [0, 0.05) is 29.6 Å². The third kappa shape index (κ3) is 6.17. The van der Waals surface area contributed by atoms with E-state index in [1.165, 1.54) is 12.1 Å². The van der Waals surface area contributed by atoms with Gasteiger partial charge >= 0.3 is 10.9 Å². The van der Waals surface area contributed by atoms with Crippen LogP contribution in [0.25, 0.3) is 10.9 Å². The van der Waals surface area contributed by atoms with Gasteiger partial charge in [0.05, 0.1) is 35.4 Å². The van der Waals surface area contributed by atoms with Crippen molar-refractivity contribution in [1.82, 2.24) is 34.9 Å². The lowest BCUT2D eigenvalue weighted by Gasteiger charge is -2.47. The van der Waals surface area contributed by atoms with Crippen LogP contribution < -0.4 is 19.1 Å². The lowest BCUT2D eigenvalue weighted by molar-refractivity contribution is -0.832. The van der Waals surface area contributed by atoms with Crippen LogP contribution in [-0.4, -0.2) is 81.2 Å². The van der Waals surface area contributed by atoms with E-state index in [0.29, 0.717) is 49.4 Å². The standard InChI is InChI=1S/C37H34N8O9S/c46-32-21-42(19-24-20-43(41-39-24)15-7-2-8-16-51-35-37(45(48)54-40-35)55(49,50)25-9-3-1-4-10-25)36(47)29-18-27-26-11-5-6-12-28(26)38-33(27)34(44(29)32)23-13-14-30-31(17-23)53-22-52-30/h1,3-6,9-14,17,20,29,34,38H,2,7-8,15-16,18-19,21-22H2/t29-,34-/m1/s1. The maximum absolute atomic E-state index is 14.2. The first kappa shape index (κ1) is 34.3. The molecule has 1 fully saturated rings. The van der Waals surface area contributed by atoms with E-state index in [1.807, 2.05) is 42.5 Å². The molecule has 3 aliphatic heterocycles. The van der Waals surface area contributed by atoms with E-state index in [-0.39, 0.29) is 48.1 Å². The molecule has 2 amide bonds. The van der Waals surface area contributed by atoms with Gasteiger partial charge in [0.2, 0.25) is 18.6 Å². The molecule has 3 aromatic carbocycles. The summed E-state index contributed by atoms with van der Waals surface area (Å²) < 4.78 is 48.9. The first-order valence-corrected chi connectivity index (χ1v) is 19.3. The maximum atomic E-state index is 14.2. The fourth-order valence-electron chi connectivity index (χ4n) is 7.57. The molecule has 0 spiro atoms. The summed E-state index contributed by atoms with van der Waals surface area (Å²) in [6.45, 7) is 0.774. The zero-order chi connectivity index (χ0) is 37.7. The van der Waals surface area contributed by atoms with E-state index in [4.69, 9.17) is 14.2 Å². The molecule has 3 aliphatic rings. The molecule has 3 aromatic heterocycles. The van der Waals surface area contributed by atoms with Crippen LogP contribution in [-0.2, 0) is 38.9 Å². The smallest absolute Gasteiger partial charge is 0.414 e. The number of aryl methyl sites for hydroxylation is 1. The summed E-state index contributed by atoms with van der Waals surface area (Å²) in [5.41, 5.74) is 4.20. The van der Waals surface area contributed by atoms with Gasteiger partial charge in [0.1, 0.15) is 18.3 Å². The number of hydrogen-bond donors (Lipinski definition) is 1. The van der Waals surface area contributed by atoms with Crippen LogP contribution in [0, 0.1) is 5.21 Å². The van der Waals surface area contributed by atoms with Crippen molar-refractivity contribution in [3.63, 3.8) is 0 Å². The van der Waals surface area contributed by atoms with Crippen molar-refractivity contribution < 1.29 is 41.7 Å². The van der Waals surface area contributed by atoms with E-state index in [1.54, 1.807) is 38.9 Å². The van der Waals surface area contributed by atoms with Crippen LogP contribution in [0.3, 0.4) is 0 Å². The summed E-state index contributed by atoms with van der Waals surface area (Å²) >= 11 is 0. The molecular formula is C37H34N8O9S. The minimum atomic E-state index is -4.20. The number of amides is 2. The zero-order valence-corrected chi connectivity index (χ0v) is 30.1. The molecule has 0 bridgehead atoms. The highest BCUT2D eigenvalue weighted by molar-refractivity contribution is 7.91. The number of carbonyl (C=O) groups excluding carboxylic acids is 2. The van der Waals surface area contributed by atoms with Crippen molar-refractivity contribution in [2.45, 2.75) is 60.8 Å². The molecular weight excluding hydrogens is 733 g/mol. The van der Waals surface area contributed by atoms with Crippen molar-refractivity contribution in [2.75, 3.05) is 19.9 Å². The minimum absolute atomic E-state index is 0.0812. The van der Waals surface area contributed by atoms with Crippen LogP contribution in [0.5, 0.6) is 17.4 Å². The predicted molar refractivity (Wildman–Crippen MR) is 189 cm³/mol. The second-order valence-corrected chi connectivity index (χ2v) is 15.4. The molecule has 0 unspecified atom stereocenters. The summed E-state index contributed by atoms with van der Waals surface area (Å²) in [6, 6.07) is 19.8. The number of nitrogens with zero attached hydrogens (tertiary/aromatic N) is 7. The molecule has 6 heterocycles. The Morgan fingerprint density at radius 2 is 1.80 bits per heavy atom. The van der Waals surface area contributed by atoms with Gasteiger partial charge in [-0.2, -0.15) is 0 Å². The average molecular weight is 767 g/mol. The highest BCUT2D eigenvalue weighted by atomic mass is 32.2. The van der Waals surface area contributed by atoms with Gasteiger partial charge in [0.15, 0.2) is 11.5 Å². The van der Waals surface area contributed by atoms with Crippen LogP contribution in [0.1, 0.15) is 47.8 Å². The first-order valence-electron chi connectivity index (χ1n) is 17.8. The number of aromatic nitrogens is 6.